The third kappa shape index (κ3) is 4.51. The molecule has 0 saturated heterocycles. The van der Waals surface area contributed by atoms with Gasteiger partial charge in [-0.2, -0.15) is 0 Å². The quantitative estimate of drug-likeness (QED) is 0.831. The van der Waals surface area contributed by atoms with Crippen molar-refractivity contribution in [1.29, 1.82) is 0 Å². The molecule has 0 radical (unpaired) electrons. The van der Waals surface area contributed by atoms with E-state index >= 15 is 0 Å². The highest BCUT2D eigenvalue weighted by Gasteiger charge is 2.05. The van der Waals surface area contributed by atoms with Crippen molar-refractivity contribution in [3.8, 4) is 17.2 Å². The molecule has 0 bridgehead atoms. The first-order valence-electron chi connectivity index (χ1n) is 7.01. The lowest BCUT2D eigenvalue weighted by atomic mass is 10.2. The van der Waals surface area contributed by atoms with Crippen LogP contribution in [0.3, 0.4) is 0 Å². The van der Waals surface area contributed by atoms with Crippen LogP contribution >= 0.6 is 0 Å². The molecule has 2 aromatic rings. The van der Waals surface area contributed by atoms with Gasteiger partial charge in [-0.3, -0.25) is 4.79 Å². The highest BCUT2D eigenvalue weighted by Crippen LogP contribution is 2.29. The van der Waals surface area contributed by atoms with Crippen LogP contribution in [0.25, 0.3) is 6.08 Å². The summed E-state index contributed by atoms with van der Waals surface area (Å²) in [6.07, 6.45) is 3.18. The van der Waals surface area contributed by atoms with Gasteiger partial charge in [-0.1, -0.05) is 12.1 Å². The Morgan fingerprint density at radius 1 is 0.957 bits per heavy atom. The maximum atomic E-state index is 12.0. The van der Waals surface area contributed by atoms with Gasteiger partial charge in [0, 0.05) is 17.8 Å². The molecule has 0 aliphatic heterocycles. The zero-order valence-electron chi connectivity index (χ0n) is 13.3. The summed E-state index contributed by atoms with van der Waals surface area (Å²) >= 11 is 0. The van der Waals surface area contributed by atoms with Gasteiger partial charge in [-0.05, 0) is 35.9 Å². The van der Waals surface area contributed by atoms with Crippen LogP contribution in [-0.4, -0.2) is 27.2 Å². The van der Waals surface area contributed by atoms with Gasteiger partial charge in [0.2, 0.25) is 5.91 Å². The number of rotatable bonds is 6. The first-order chi connectivity index (χ1) is 11.2. The molecule has 0 aliphatic rings. The molecule has 2 rings (SSSR count). The molecule has 1 N–H and O–H groups in total. The highest BCUT2D eigenvalue weighted by atomic mass is 16.5. The molecular weight excluding hydrogens is 294 g/mol. The average molecular weight is 313 g/mol. The Balaban J connectivity index is 2.05. The number of carbonyl (C=O) groups excluding carboxylic acids is 1. The minimum Gasteiger partial charge on any atom is -0.497 e. The van der Waals surface area contributed by atoms with Gasteiger partial charge in [0.05, 0.1) is 21.3 Å². The van der Waals surface area contributed by atoms with E-state index in [2.05, 4.69) is 5.32 Å². The maximum Gasteiger partial charge on any atom is 0.248 e. The number of ether oxygens (including phenoxy) is 3. The second kappa shape index (κ2) is 7.89. The molecule has 0 aliphatic carbocycles. The smallest absolute Gasteiger partial charge is 0.248 e. The number of methoxy groups -OCH3 is 3. The molecule has 0 spiro atoms. The van der Waals surface area contributed by atoms with Gasteiger partial charge in [-0.25, -0.2) is 0 Å². The van der Waals surface area contributed by atoms with Crippen molar-refractivity contribution in [1.82, 2.24) is 0 Å². The molecule has 120 valence electrons. The topological polar surface area (TPSA) is 56.8 Å². The zero-order chi connectivity index (χ0) is 16.7. The van der Waals surface area contributed by atoms with Crippen molar-refractivity contribution < 1.29 is 19.0 Å². The molecule has 1 amide bonds. The molecular formula is C18H19NO4. The van der Waals surface area contributed by atoms with Crippen LogP contribution in [0.2, 0.25) is 0 Å². The van der Waals surface area contributed by atoms with Gasteiger partial charge in [-0.15, -0.1) is 0 Å². The van der Waals surface area contributed by atoms with E-state index in [0.717, 1.165) is 11.3 Å². The van der Waals surface area contributed by atoms with Crippen molar-refractivity contribution in [2.24, 2.45) is 0 Å². The summed E-state index contributed by atoms with van der Waals surface area (Å²) in [6, 6.07) is 12.6. The number of anilines is 1. The van der Waals surface area contributed by atoms with E-state index in [-0.39, 0.29) is 5.91 Å². The lowest BCUT2D eigenvalue weighted by Crippen LogP contribution is -2.07. The van der Waals surface area contributed by atoms with Crippen LogP contribution in [0.5, 0.6) is 17.2 Å². The lowest BCUT2D eigenvalue weighted by Gasteiger charge is -2.09. The number of amides is 1. The first-order valence-corrected chi connectivity index (χ1v) is 7.01. The molecule has 0 saturated carbocycles. The van der Waals surface area contributed by atoms with Crippen LogP contribution in [0.4, 0.5) is 5.69 Å². The summed E-state index contributed by atoms with van der Waals surface area (Å²) < 4.78 is 15.5. The van der Waals surface area contributed by atoms with Gasteiger partial charge in [0.25, 0.3) is 0 Å². The Labute approximate surface area is 135 Å². The molecule has 0 aromatic heterocycles. The lowest BCUT2D eigenvalue weighted by molar-refractivity contribution is -0.111. The minimum atomic E-state index is -0.236. The second-order valence-corrected chi connectivity index (χ2v) is 4.67. The van der Waals surface area contributed by atoms with Crippen LogP contribution in [0.1, 0.15) is 5.56 Å². The van der Waals surface area contributed by atoms with Crippen molar-refractivity contribution in [3.05, 3.63) is 54.1 Å². The highest BCUT2D eigenvalue weighted by molar-refractivity contribution is 6.02. The molecule has 0 heterocycles. The summed E-state index contributed by atoms with van der Waals surface area (Å²) in [7, 11) is 4.71. The van der Waals surface area contributed by atoms with Crippen molar-refractivity contribution in [2.45, 2.75) is 0 Å². The molecule has 0 unspecified atom stereocenters. The number of benzene rings is 2. The Kier molecular flexibility index (Phi) is 5.63. The van der Waals surface area contributed by atoms with Crippen molar-refractivity contribution >= 4 is 17.7 Å². The van der Waals surface area contributed by atoms with Gasteiger partial charge in [0.15, 0.2) is 11.5 Å². The van der Waals surface area contributed by atoms with Crippen LogP contribution in [-0.2, 0) is 4.79 Å². The molecule has 5 heteroatoms. The normalized spacial score (nSPS) is 10.4. The van der Waals surface area contributed by atoms with E-state index in [1.165, 1.54) is 6.08 Å². The average Bonchev–Trinajstić information content (AvgIpc) is 2.60. The summed E-state index contributed by atoms with van der Waals surface area (Å²) in [5.74, 6) is 1.67. The fourth-order valence-electron chi connectivity index (χ4n) is 2.02. The maximum absolute atomic E-state index is 12.0. The van der Waals surface area contributed by atoms with Crippen LogP contribution in [0, 0.1) is 0 Å². The first kappa shape index (κ1) is 16.4. The third-order valence-electron chi connectivity index (χ3n) is 3.17. The van der Waals surface area contributed by atoms with Crippen molar-refractivity contribution in [3.63, 3.8) is 0 Å². The third-order valence-corrected chi connectivity index (χ3v) is 3.17. The van der Waals surface area contributed by atoms with Crippen molar-refractivity contribution in [2.75, 3.05) is 26.6 Å². The standard InChI is InChI=1S/C18H19NO4/c1-21-15-6-4-5-13(11-15)7-10-18(20)19-14-8-9-16(22-2)17(12-14)23-3/h4-12H,1-3H3,(H,19,20). The Hall–Kier alpha value is -2.95. The molecule has 23 heavy (non-hydrogen) atoms. The predicted octanol–water partition coefficient (Wildman–Crippen LogP) is 3.36. The van der Waals surface area contributed by atoms with E-state index in [1.807, 2.05) is 24.3 Å². The fourth-order valence-corrected chi connectivity index (χ4v) is 2.02. The summed E-state index contributed by atoms with van der Waals surface area (Å²) in [5, 5.41) is 2.77. The number of hydrogen-bond acceptors (Lipinski definition) is 4. The zero-order valence-corrected chi connectivity index (χ0v) is 13.3. The Morgan fingerprint density at radius 2 is 1.74 bits per heavy atom. The van der Waals surface area contributed by atoms with E-state index in [0.29, 0.717) is 17.2 Å². The van der Waals surface area contributed by atoms with E-state index < -0.39 is 0 Å². The predicted molar refractivity (Wildman–Crippen MR) is 90.2 cm³/mol. The minimum absolute atomic E-state index is 0.236. The molecule has 2 aromatic carbocycles. The number of hydrogen-bond donors (Lipinski definition) is 1. The SMILES string of the molecule is COc1cccc(C=CC(=O)Nc2ccc(OC)c(OC)c2)c1. The monoisotopic (exact) mass is 313 g/mol. The largest absolute Gasteiger partial charge is 0.497 e. The number of carbonyl (C=O) groups is 1. The Bertz CT molecular complexity index is 710. The van der Waals surface area contributed by atoms with Gasteiger partial charge >= 0.3 is 0 Å². The summed E-state index contributed by atoms with van der Waals surface area (Å²) in [4.78, 5) is 12.0. The Morgan fingerprint density at radius 3 is 2.43 bits per heavy atom. The van der Waals surface area contributed by atoms with Gasteiger partial charge in [0.1, 0.15) is 5.75 Å². The summed E-state index contributed by atoms with van der Waals surface area (Å²) in [5.41, 5.74) is 1.51. The second-order valence-electron chi connectivity index (χ2n) is 4.67. The summed E-state index contributed by atoms with van der Waals surface area (Å²) in [6.45, 7) is 0. The molecule has 0 atom stereocenters. The van der Waals surface area contributed by atoms with E-state index in [1.54, 1.807) is 45.6 Å². The van der Waals surface area contributed by atoms with E-state index in [4.69, 9.17) is 14.2 Å². The number of nitrogens with one attached hydrogen (secondary N) is 1. The van der Waals surface area contributed by atoms with Gasteiger partial charge < -0.3 is 19.5 Å². The van der Waals surface area contributed by atoms with Crippen LogP contribution < -0.4 is 19.5 Å². The fraction of sp³-hybridized carbons (Fsp3) is 0.167. The van der Waals surface area contributed by atoms with E-state index in [9.17, 15) is 4.79 Å². The van der Waals surface area contributed by atoms with Crippen LogP contribution in [0.15, 0.2) is 48.5 Å². The molecule has 5 nitrogen and oxygen atoms in total. The molecule has 0 fully saturated rings.